The van der Waals surface area contributed by atoms with Gasteiger partial charge in [-0.25, -0.2) is 0 Å². The molecule has 0 aliphatic rings. The number of esters is 2. The molecule has 0 rings (SSSR count). The van der Waals surface area contributed by atoms with E-state index in [-0.39, 0.29) is 25.2 Å². The van der Waals surface area contributed by atoms with Gasteiger partial charge in [0.15, 0.2) is 0 Å². The lowest BCUT2D eigenvalue weighted by Crippen LogP contribution is -2.39. The largest absolute Gasteiger partial charge is 0.481 e. The maximum absolute atomic E-state index is 12.2. The van der Waals surface area contributed by atoms with Crippen molar-refractivity contribution < 1.29 is 29.0 Å². The van der Waals surface area contributed by atoms with Crippen molar-refractivity contribution in [3.05, 3.63) is 0 Å². The average molecular weight is 667 g/mol. The third-order valence-electron chi connectivity index (χ3n) is 9.59. The number of unbranched alkanes of at least 4 members (excludes halogenated alkanes) is 28. The number of carbonyl (C=O) groups is 3. The molecule has 0 radical (unpaired) electrons. The van der Waals surface area contributed by atoms with Crippen LogP contribution in [0.2, 0.25) is 0 Å². The Labute approximate surface area is 291 Å². The zero-order valence-electron chi connectivity index (χ0n) is 31.5. The maximum atomic E-state index is 12.2. The summed E-state index contributed by atoms with van der Waals surface area (Å²) >= 11 is 0. The summed E-state index contributed by atoms with van der Waals surface area (Å²) in [6, 6.07) is 0. The number of carboxylic acids is 1. The Morgan fingerprint density at radius 3 is 0.830 bits per heavy atom. The minimum Gasteiger partial charge on any atom is -0.481 e. The van der Waals surface area contributed by atoms with Gasteiger partial charge in [0, 0.05) is 12.8 Å². The van der Waals surface area contributed by atoms with Gasteiger partial charge < -0.3 is 14.6 Å². The van der Waals surface area contributed by atoms with Gasteiger partial charge in [0.25, 0.3) is 0 Å². The maximum Gasteiger partial charge on any atom is 0.316 e. The Morgan fingerprint density at radius 2 is 0.617 bits per heavy atom. The van der Waals surface area contributed by atoms with Crippen LogP contribution in [0.5, 0.6) is 0 Å². The first kappa shape index (κ1) is 45.4. The lowest BCUT2D eigenvalue weighted by Gasteiger charge is -2.24. The van der Waals surface area contributed by atoms with E-state index >= 15 is 0 Å². The Balaban J connectivity index is 3.73. The van der Waals surface area contributed by atoms with Gasteiger partial charge in [-0.3, -0.25) is 14.4 Å². The molecule has 0 spiro atoms. The molecule has 0 fully saturated rings. The van der Waals surface area contributed by atoms with Crippen molar-refractivity contribution in [3.63, 3.8) is 0 Å². The molecule has 6 heteroatoms. The third kappa shape index (κ3) is 31.4. The molecule has 0 aromatic carbocycles. The van der Waals surface area contributed by atoms with E-state index in [9.17, 15) is 19.5 Å². The highest BCUT2D eigenvalue weighted by atomic mass is 16.6. The van der Waals surface area contributed by atoms with Crippen molar-refractivity contribution in [3.8, 4) is 0 Å². The van der Waals surface area contributed by atoms with Gasteiger partial charge in [-0.05, 0) is 19.8 Å². The van der Waals surface area contributed by atoms with Crippen LogP contribution in [0.15, 0.2) is 0 Å². The molecular formula is C41H78O6. The van der Waals surface area contributed by atoms with Crippen LogP contribution in [0.3, 0.4) is 0 Å². The summed E-state index contributed by atoms with van der Waals surface area (Å²) in [6.45, 7) is 5.42. The zero-order valence-corrected chi connectivity index (χ0v) is 31.5. The molecule has 0 aliphatic carbocycles. The fourth-order valence-electron chi connectivity index (χ4n) is 6.07. The highest BCUT2D eigenvalue weighted by Gasteiger charge is 2.36. The van der Waals surface area contributed by atoms with Crippen molar-refractivity contribution in [2.45, 2.75) is 226 Å². The Kier molecular flexibility index (Phi) is 33.1. The van der Waals surface area contributed by atoms with E-state index in [1.54, 1.807) is 0 Å². The number of hydrogen-bond donors (Lipinski definition) is 1. The van der Waals surface area contributed by atoms with Crippen LogP contribution in [0.1, 0.15) is 226 Å². The van der Waals surface area contributed by atoms with E-state index in [1.807, 2.05) is 0 Å². The average Bonchev–Trinajstić information content (AvgIpc) is 3.06. The summed E-state index contributed by atoms with van der Waals surface area (Å²) < 4.78 is 10.6. The van der Waals surface area contributed by atoms with Crippen LogP contribution in [0.25, 0.3) is 0 Å². The highest BCUT2D eigenvalue weighted by molar-refractivity contribution is 5.76. The Bertz CT molecular complexity index is 671. The molecule has 0 saturated carbocycles. The van der Waals surface area contributed by atoms with Crippen LogP contribution in [0, 0.1) is 5.41 Å². The molecule has 0 unspecified atom stereocenters. The summed E-state index contributed by atoms with van der Waals surface area (Å²) in [4.78, 5) is 36.3. The van der Waals surface area contributed by atoms with E-state index in [2.05, 4.69) is 13.8 Å². The van der Waals surface area contributed by atoms with Gasteiger partial charge in [0.1, 0.15) is 18.6 Å². The molecule has 0 atom stereocenters. The van der Waals surface area contributed by atoms with Crippen molar-refractivity contribution >= 4 is 17.9 Å². The van der Waals surface area contributed by atoms with Crippen molar-refractivity contribution in [1.29, 1.82) is 0 Å². The number of carbonyl (C=O) groups excluding carboxylic acids is 2. The summed E-state index contributed by atoms with van der Waals surface area (Å²) in [5, 5.41) is 9.71. The van der Waals surface area contributed by atoms with Crippen LogP contribution >= 0.6 is 0 Å². The van der Waals surface area contributed by atoms with E-state index in [0.717, 1.165) is 38.5 Å². The van der Waals surface area contributed by atoms with Crippen molar-refractivity contribution in [2.24, 2.45) is 5.41 Å². The topological polar surface area (TPSA) is 89.9 Å². The molecule has 0 aromatic heterocycles. The Morgan fingerprint density at radius 1 is 0.404 bits per heavy atom. The molecule has 0 aliphatic heterocycles. The van der Waals surface area contributed by atoms with E-state index in [0.29, 0.717) is 12.8 Å². The number of rotatable bonds is 37. The van der Waals surface area contributed by atoms with Gasteiger partial charge in [0.2, 0.25) is 0 Å². The van der Waals surface area contributed by atoms with Gasteiger partial charge in [0.05, 0.1) is 0 Å². The van der Waals surface area contributed by atoms with Crippen molar-refractivity contribution in [2.75, 3.05) is 13.2 Å². The molecule has 0 saturated heterocycles. The first-order valence-electron chi connectivity index (χ1n) is 20.4. The van der Waals surface area contributed by atoms with Crippen molar-refractivity contribution in [1.82, 2.24) is 0 Å². The third-order valence-corrected chi connectivity index (χ3v) is 9.59. The second-order valence-corrected chi connectivity index (χ2v) is 14.6. The summed E-state index contributed by atoms with van der Waals surface area (Å²) in [5.41, 5.74) is -1.44. The van der Waals surface area contributed by atoms with Gasteiger partial charge in [-0.1, -0.05) is 194 Å². The normalized spacial score (nSPS) is 11.6. The van der Waals surface area contributed by atoms with Crippen LogP contribution in [0.4, 0.5) is 0 Å². The van der Waals surface area contributed by atoms with Crippen LogP contribution < -0.4 is 0 Å². The second kappa shape index (κ2) is 34.3. The summed E-state index contributed by atoms with van der Waals surface area (Å²) in [5.74, 6) is -1.88. The zero-order chi connectivity index (χ0) is 34.7. The molecule has 0 amide bonds. The molecule has 6 nitrogen and oxygen atoms in total. The lowest BCUT2D eigenvalue weighted by atomic mass is 9.93. The first-order valence-corrected chi connectivity index (χ1v) is 20.4. The lowest BCUT2D eigenvalue weighted by molar-refractivity contribution is -0.165. The monoisotopic (exact) mass is 667 g/mol. The van der Waals surface area contributed by atoms with Gasteiger partial charge in [-0.2, -0.15) is 0 Å². The van der Waals surface area contributed by atoms with E-state index < -0.39 is 11.4 Å². The molecular weight excluding hydrogens is 588 g/mol. The SMILES string of the molecule is CCCCCCCCCCCCCCCCCC(=O)OCC(C)(COC(=O)CCCCCCCCCCCCCCCCC)C(=O)O. The molecule has 1 N–H and O–H groups in total. The standard InChI is InChI=1S/C41H78O6/c1-4-6-8-10-12-14-16-18-20-22-24-26-28-30-32-34-38(42)46-36-41(3,40(44)45)37-47-39(43)35-33-31-29-27-25-23-21-19-17-15-13-11-9-7-5-2/h4-37H2,1-3H3,(H,44,45). The summed E-state index contributed by atoms with van der Waals surface area (Å²) in [6.07, 6.45) is 38.5. The Hall–Kier alpha value is -1.59. The summed E-state index contributed by atoms with van der Waals surface area (Å²) in [7, 11) is 0. The molecule has 0 aromatic rings. The van der Waals surface area contributed by atoms with Crippen LogP contribution in [-0.2, 0) is 23.9 Å². The molecule has 47 heavy (non-hydrogen) atoms. The fraction of sp³-hybridized carbons (Fsp3) is 0.927. The first-order chi connectivity index (χ1) is 22.9. The smallest absolute Gasteiger partial charge is 0.316 e. The number of hydrogen-bond acceptors (Lipinski definition) is 5. The highest BCUT2D eigenvalue weighted by Crippen LogP contribution is 2.20. The predicted molar refractivity (Wildman–Crippen MR) is 197 cm³/mol. The van der Waals surface area contributed by atoms with Crippen LogP contribution in [-0.4, -0.2) is 36.2 Å². The van der Waals surface area contributed by atoms with Gasteiger partial charge >= 0.3 is 17.9 Å². The fourth-order valence-corrected chi connectivity index (χ4v) is 6.07. The molecule has 0 bridgehead atoms. The van der Waals surface area contributed by atoms with E-state index in [4.69, 9.17) is 9.47 Å². The van der Waals surface area contributed by atoms with E-state index in [1.165, 1.54) is 161 Å². The van der Waals surface area contributed by atoms with Gasteiger partial charge in [-0.15, -0.1) is 0 Å². The number of ether oxygens (including phenoxy) is 2. The number of aliphatic carboxylic acids is 1. The predicted octanol–water partition coefficient (Wildman–Crippen LogP) is 12.7. The second-order valence-electron chi connectivity index (χ2n) is 14.6. The minimum atomic E-state index is -1.44. The minimum absolute atomic E-state index is 0.286. The number of carboxylic acid groups (broad SMARTS) is 1. The molecule has 0 heterocycles. The quantitative estimate of drug-likeness (QED) is 0.0524. The molecule has 278 valence electrons.